The molecule has 182 valence electrons. The summed E-state index contributed by atoms with van der Waals surface area (Å²) in [5.41, 5.74) is 5.34. The quantitative estimate of drug-likeness (QED) is 0.227. The molecule has 0 saturated heterocycles. The topological polar surface area (TPSA) is 88.8 Å². The van der Waals surface area contributed by atoms with Crippen molar-refractivity contribution < 1.29 is 9.53 Å². The highest BCUT2D eigenvalue weighted by Gasteiger charge is 2.16. The molecule has 7 nitrogen and oxygen atoms in total. The van der Waals surface area contributed by atoms with Crippen molar-refractivity contribution in [2.75, 3.05) is 13.6 Å². The Morgan fingerprint density at radius 2 is 1.92 bits per heavy atom. The molecule has 0 atom stereocenters. The van der Waals surface area contributed by atoms with Gasteiger partial charge in [0.2, 0.25) is 0 Å². The fraction of sp³-hybridized carbons (Fsp3) is 0.138. The van der Waals surface area contributed by atoms with E-state index < -0.39 is 0 Å². The van der Waals surface area contributed by atoms with Crippen molar-refractivity contribution in [2.45, 2.75) is 13.8 Å². The average molecular weight is 480 g/mol. The first kappa shape index (κ1) is 26.0. The second kappa shape index (κ2) is 12.7. The smallest absolute Gasteiger partial charge is 0.251 e. The van der Waals surface area contributed by atoms with E-state index >= 15 is 0 Å². The highest BCUT2D eigenvalue weighted by atomic mass is 16.5. The molecule has 1 aromatic heterocycles. The Morgan fingerprint density at radius 1 is 1.14 bits per heavy atom. The molecular weight excluding hydrogens is 450 g/mol. The lowest BCUT2D eigenvalue weighted by Crippen LogP contribution is -2.26. The first-order valence-corrected chi connectivity index (χ1v) is 11.3. The zero-order valence-electron chi connectivity index (χ0n) is 20.7. The molecule has 0 bridgehead atoms. The van der Waals surface area contributed by atoms with Crippen LogP contribution >= 0.6 is 0 Å². The maximum absolute atomic E-state index is 12.9. The van der Waals surface area contributed by atoms with E-state index in [1.807, 2.05) is 44.2 Å². The Bertz CT molecular complexity index is 1340. The second-order valence-electron chi connectivity index (χ2n) is 7.74. The predicted molar refractivity (Wildman–Crippen MR) is 147 cm³/mol. The van der Waals surface area contributed by atoms with Gasteiger partial charge in [0.25, 0.3) is 5.91 Å². The molecule has 0 aliphatic rings. The molecule has 0 unspecified atom stereocenters. The van der Waals surface area contributed by atoms with E-state index in [1.165, 1.54) is 6.33 Å². The number of allylic oxidation sites excluding steroid dienone is 2. The van der Waals surface area contributed by atoms with Gasteiger partial charge in [-0.25, -0.2) is 9.97 Å². The Labute approximate surface area is 211 Å². The Morgan fingerprint density at radius 3 is 2.58 bits per heavy atom. The molecule has 1 N–H and O–H groups in total. The number of benzene rings is 2. The summed E-state index contributed by atoms with van der Waals surface area (Å²) in [6.07, 6.45) is 12.0. The average Bonchev–Trinajstić information content (AvgIpc) is 2.92. The highest BCUT2D eigenvalue weighted by molar-refractivity contribution is 5.96. The lowest BCUT2D eigenvalue weighted by Gasteiger charge is -2.16. The number of aliphatic imine (C=N–C) groups is 2. The summed E-state index contributed by atoms with van der Waals surface area (Å²) in [5.74, 6) is 0.970. The van der Waals surface area contributed by atoms with Crippen LogP contribution in [0.15, 0.2) is 95.5 Å². The summed E-state index contributed by atoms with van der Waals surface area (Å²) < 4.78 is 6.28. The minimum atomic E-state index is -0.205. The van der Waals surface area contributed by atoms with Gasteiger partial charge in [0.05, 0.1) is 5.69 Å². The summed E-state index contributed by atoms with van der Waals surface area (Å²) in [6, 6.07) is 11.2. The Hall–Kier alpha value is -4.65. The minimum Gasteiger partial charge on any atom is -0.457 e. The lowest BCUT2D eigenvalue weighted by atomic mass is 10.0. The normalized spacial score (nSPS) is 11.9. The summed E-state index contributed by atoms with van der Waals surface area (Å²) in [5, 5.41) is 2.92. The molecule has 0 radical (unpaired) electrons. The molecule has 0 aliphatic carbocycles. The van der Waals surface area contributed by atoms with Gasteiger partial charge < -0.3 is 10.1 Å². The standard InChI is InChI=1S/C29H29N5O2/c1-6-21(13-14-30-4)16-34-29(35)24-9-8-10-28(20(24)3)36-27(7-2)25-12-11-22(15-26(25)31-5)23-17-32-19-33-18-23/h6-15,17-19H,1,5,16H2,2-4H3,(H,34,35)/b21-13+,27-7+,30-14-. The molecule has 0 fully saturated rings. The minimum absolute atomic E-state index is 0.205. The number of amides is 1. The number of hydrogen-bond donors (Lipinski definition) is 1. The zero-order chi connectivity index (χ0) is 25.9. The van der Waals surface area contributed by atoms with Crippen LogP contribution in [0.3, 0.4) is 0 Å². The monoisotopic (exact) mass is 479 g/mol. The van der Waals surface area contributed by atoms with Crippen LogP contribution in [0, 0.1) is 6.92 Å². The van der Waals surface area contributed by atoms with Gasteiger partial charge in [-0.1, -0.05) is 24.8 Å². The third kappa shape index (κ3) is 6.27. The van der Waals surface area contributed by atoms with Crippen LogP contribution < -0.4 is 10.1 Å². The van der Waals surface area contributed by atoms with Gasteiger partial charge in [-0.3, -0.25) is 14.8 Å². The van der Waals surface area contributed by atoms with Gasteiger partial charge in [0.15, 0.2) is 0 Å². The van der Waals surface area contributed by atoms with E-state index in [1.54, 1.807) is 49.9 Å². The molecule has 0 spiro atoms. The van der Waals surface area contributed by atoms with E-state index in [2.05, 4.69) is 38.6 Å². The number of nitrogens with one attached hydrogen (secondary N) is 1. The van der Waals surface area contributed by atoms with Crippen LogP contribution in [0.4, 0.5) is 5.69 Å². The molecule has 1 amide bonds. The van der Waals surface area contributed by atoms with E-state index in [0.29, 0.717) is 29.3 Å². The summed E-state index contributed by atoms with van der Waals surface area (Å²) in [6.45, 7) is 11.6. The molecule has 3 rings (SSSR count). The van der Waals surface area contributed by atoms with Crippen molar-refractivity contribution >= 4 is 30.3 Å². The largest absolute Gasteiger partial charge is 0.457 e. The van der Waals surface area contributed by atoms with E-state index in [-0.39, 0.29) is 5.91 Å². The van der Waals surface area contributed by atoms with Crippen molar-refractivity contribution in [1.29, 1.82) is 0 Å². The Balaban J connectivity index is 1.84. The first-order valence-electron chi connectivity index (χ1n) is 11.3. The molecule has 0 saturated carbocycles. The van der Waals surface area contributed by atoms with Gasteiger partial charge in [-0.2, -0.15) is 0 Å². The number of hydrogen-bond acceptors (Lipinski definition) is 6. The Kier molecular flexibility index (Phi) is 9.17. The molecular formula is C29H29N5O2. The maximum atomic E-state index is 12.9. The van der Waals surface area contributed by atoms with Gasteiger partial charge in [-0.05, 0) is 68.1 Å². The van der Waals surface area contributed by atoms with E-state index in [9.17, 15) is 4.79 Å². The number of carbonyl (C=O) groups is 1. The van der Waals surface area contributed by atoms with Crippen LogP contribution in [0.25, 0.3) is 16.9 Å². The van der Waals surface area contributed by atoms with Crippen molar-refractivity contribution in [1.82, 2.24) is 15.3 Å². The van der Waals surface area contributed by atoms with Crippen LogP contribution in [-0.2, 0) is 0 Å². The molecule has 3 aromatic rings. The number of rotatable bonds is 10. The maximum Gasteiger partial charge on any atom is 0.251 e. The highest BCUT2D eigenvalue weighted by Crippen LogP contribution is 2.34. The number of aromatic nitrogens is 2. The summed E-state index contributed by atoms with van der Waals surface area (Å²) in [4.78, 5) is 29.2. The van der Waals surface area contributed by atoms with Crippen LogP contribution in [-0.4, -0.2) is 42.4 Å². The van der Waals surface area contributed by atoms with Gasteiger partial charge in [-0.15, -0.1) is 0 Å². The van der Waals surface area contributed by atoms with Crippen molar-refractivity contribution in [3.8, 4) is 16.9 Å². The number of ether oxygens (including phenoxy) is 1. The molecule has 0 aliphatic heterocycles. The summed E-state index contributed by atoms with van der Waals surface area (Å²) >= 11 is 0. The van der Waals surface area contributed by atoms with E-state index in [0.717, 1.165) is 27.8 Å². The number of nitrogens with zero attached hydrogens (tertiary/aromatic N) is 4. The van der Waals surface area contributed by atoms with Crippen molar-refractivity contribution in [3.05, 3.63) is 102 Å². The molecule has 7 heteroatoms. The number of carbonyl (C=O) groups excluding carboxylic acids is 1. The first-order chi connectivity index (χ1) is 17.5. The third-order valence-electron chi connectivity index (χ3n) is 5.49. The fourth-order valence-corrected chi connectivity index (χ4v) is 3.50. The zero-order valence-corrected chi connectivity index (χ0v) is 20.7. The second-order valence-corrected chi connectivity index (χ2v) is 7.74. The lowest BCUT2D eigenvalue weighted by molar-refractivity contribution is 0.0956. The van der Waals surface area contributed by atoms with Crippen LogP contribution in [0.2, 0.25) is 0 Å². The predicted octanol–water partition coefficient (Wildman–Crippen LogP) is 5.77. The van der Waals surface area contributed by atoms with Crippen molar-refractivity contribution in [3.63, 3.8) is 0 Å². The van der Waals surface area contributed by atoms with E-state index in [4.69, 9.17) is 4.74 Å². The van der Waals surface area contributed by atoms with Gasteiger partial charge in [0, 0.05) is 54.5 Å². The van der Waals surface area contributed by atoms with Gasteiger partial charge >= 0.3 is 0 Å². The van der Waals surface area contributed by atoms with Crippen molar-refractivity contribution in [2.24, 2.45) is 9.98 Å². The fourth-order valence-electron chi connectivity index (χ4n) is 3.50. The SMILES string of the molecule is C=C/C(=C\C=N/C)CNC(=O)c1cccc(O/C(=C/C)c2ccc(-c3cncnc3)cc2N=C)c1C. The molecule has 2 aromatic carbocycles. The molecule has 1 heterocycles. The summed E-state index contributed by atoms with van der Waals surface area (Å²) in [7, 11) is 1.68. The van der Waals surface area contributed by atoms with Crippen LogP contribution in [0.5, 0.6) is 5.75 Å². The third-order valence-corrected chi connectivity index (χ3v) is 5.49. The molecule has 36 heavy (non-hydrogen) atoms. The van der Waals surface area contributed by atoms with Gasteiger partial charge in [0.1, 0.15) is 17.8 Å². The van der Waals surface area contributed by atoms with Crippen LogP contribution in [0.1, 0.15) is 28.4 Å².